The van der Waals surface area contributed by atoms with Crippen LogP contribution >= 0.6 is 11.6 Å². The van der Waals surface area contributed by atoms with Crippen molar-refractivity contribution in [3.05, 3.63) is 46.2 Å². The molecular weight excluding hydrogens is 276 g/mol. The molecule has 5 heteroatoms. The lowest BCUT2D eigenvalue weighted by atomic mass is 10.0. The predicted molar refractivity (Wildman–Crippen MR) is 79.2 cm³/mol. The van der Waals surface area contributed by atoms with Crippen molar-refractivity contribution in [1.82, 2.24) is 9.78 Å². The van der Waals surface area contributed by atoms with Gasteiger partial charge in [0.05, 0.1) is 18.4 Å². The van der Waals surface area contributed by atoms with Gasteiger partial charge >= 0.3 is 0 Å². The topological polar surface area (TPSA) is 47.3 Å². The Morgan fingerprint density at radius 1 is 1.40 bits per heavy atom. The van der Waals surface area contributed by atoms with Crippen LogP contribution in [0.4, 0.5) is 0 Å². The van der Waals surface area contributed by atoms with Gasteiger partial charge in [0.15, 0.2) is 0 Å². The number of hydrogen-bond acceptors (Lipinski definition) is 3. The minimum Gasteiger partial charge on any atom is -0.493 e. The third-order valence-electron chi connectivity index (χ3n) is 3.25. The fraction of sp³-hybridized carbons (Fsp3) is 0.400. The Hall–Kier alpha value is -1.52. The number of nitrogens with zero attached hydrogens (tertiary/aromatic N) is 2. The molecule has 0 saturated carbocycles. The van der Waals surface area contributed by atoms with E-state index in [0.29, 0.717) is 23.9 Å². The largest absolute Gasteiger partial charge is 0.493 e. The molecule has 1 heterocycles. The Balaban J connectivity index is 2.26. The fourth-order valence-corrected chi connectivity index (χ4v) is 2.50. The lowest BCUT2D eigenvalue weighted by Gasteiger charge is -2.15. The molecule has 0 spiro atoms. The van der Waals surface area contributed by atoms with E-state index in [1.165, 1.54) is 0 Å². The van der Waals surface area contributed by atoms with Gasteiger partial charge in [-0.3, -0.25) is 4.68 Å². The van der Waals surface area contributed by atoms with Gasteiger partial charge < -0.3 is 9.84 Å². The molecule has 1 unspecified atom stereocenters. The third-order valence-corrected chi connectivity index (χ3v) is 3.72. The molecule has 1 atom stereocenters. The smallest absolute Gasteiger partial charge is 0.130 e. The summed E-state index contributed by atoms with van der Waals surface area (Å²) in [5.41, 5.74) is 2.48. The summed E-state index contributed by atoms with van der Waals surface area (Å²) in [6, 6.07) is 7.51. The van der Waals surface area contributed by atoms with Gasteiger partial charge in [-0.15, -0.1) is 0 Å². The van der Waals surface area contributed by atoms with Crippen LogP contribution in [0.2, 0.25) is 5.15 Å². The van der Waals surface area contributed by atoms with Crippen molar-refractivity contribution in [2.45, 2.75) is 26.4 Å². The maximum absolute atomic E-state index is 10.5. The number of benzene rings is 1. The van der Waals surface area contributed by atoms with E-state index in [-0.39, 0.29) is 0 Å². The van der Waals surface area contributed by atoms with E-state index in [1.807, 2.05) is 38.1 Å². The molecule has 0 saturated heterocycles. The summed E-state index contributed by atoms with van der Waals surface area (Å²) >= 11 is 6.20. The first-order chi connectivity index (χ1) is 9.54. The molecule has 1 N–H and O–H groups in total. The molecule has 0 fully saturated rings. The van der Waals surface area contributed by atoms with E-state index < -0.39 is 6.10 Å². The van der Waals surface area contributed by atoms with Gasteiger partial charge in [-0.1, -0.05) is 29.8 Å². The molecule has 0 amide bonds. The number of hydrogen-bond donors (Lipinski definition) is 1. The molecule has 1 aromatic carbocycles. The second-order valence-corrected chi connectivity index (χ2v) is 5.03. The molecule has 0 aliphatic rings. The summed E-state index contributed by atoms with van der Waals surface area (Å²) in [7, 11) is 1.79. The van der Waals surface area contributed by atoms with Gasteiger partial charge in [-0.05, 0) is 19.9 Å². The Bertz CT molecular complexity index is 596. The van der Waals surface area contributed by atoms with Crippen molar-refractivity contribution < 1.29 is 9.84 Å². The maximum atomic E-state index is 10.5. The summed E-state index contributed by atoms with van der Waals surface area (Å²) < 4.78 is 7.17. The number of aliphatic hydroxyl groups excluding tert-OH is 1. The van der Waals surface area contributed by atoms with E-state index in [4.69, 9.17) is 16.3 Å². The highest BCUT2D eigenvalue weighted by Crippen LogP contribution is 2.30. The number of ether oxygens (including phenoxy) is 1. The van der Waals surface area contributed by atoms with Gasteiger partial charge in [0.25, 0.3) is 0 Å². The Kier molecular flexibility index (Phi) is 4.68. The lowest BCUT2D eigenvalue weighted by molar-refractivity contribution is 0.172. The molecule has 0 radical (unpaired) electrons. The monoisotopic (exact) mass is 294 g/mol. The molecule has 2 aromatic rings. The van der Waals surface area contributed by atoms with Crippen LogP contribution in [0.1, 0.15) is 29.8 Å². The lowest BCUT2D eigenvalue weighted by Crippen LogP contribution is -2.06. The zero-order valence-corrected chi connectivity index (χ0v) is 12.7. The van der Waals surface area contributed by atoms with Crippen molar-refractivity contribution >= 4 is 11.6 Å². The van der Waals surface area contributed by atoms with Crippen molar-refractivity contribution in [3.8, 4) is 5.75 Å². The Labute approximate surface area is 123 Å². The number of aliphatic hydroxyl groups is 1. The van der Waals surface area contributed by atoms with E-state index in [9.17, 15) is 5.11 Å². The van der Waals surface area contributed by atoms with Crippen LogP contribution in [0.5, 0.6) is 5.75 Å². The van der Waals surface area contributed by atoms with Gasteiger partial charge in [-0.2, -0.15) is 5.10 Å². The molecule has 0 bridgehead atoms. The average Bonchev–Trinajstić information content (AvgIpc) is 2.66. The van der Waals surface area contributed by atoms with Gasteiger partial charge in [-0.25, -0.2) is 0 Å². The van der Waals surface area contributed by atoms with Crippen LogP contribution in [0, 0.1) is 6.92 Å². The van der Waals surface area contributed by atoms with E-state index in [0.717, 1.165) is 16.8 Å². The zero-order valence-electron chi connectivity index (χ0n) is 11.9. The molecule has 4 nitrogen and oxygen atoms in total. The number of para-hydroxylation sites is 1. The summed E-state index contributed by atoms with van der Waals surface area (Å²) in [5, 5.41) is 15.3. The predicted octanol–water partition coefficient (Wildman–Crippen LogP) is 3.06. The Morgan fingerprint density at radius 2 is 2.10 bits per heavy atom. The maximum Gasteiger partial charge on any atom is 0.130 e. The van der Waals surface area contributed by atoms with E-state index in [2.05, 4.69) is 5.10 Å². The molecule has 1 aromatic heterocycles. The van der Waals surface area contributed by atoms with E-state index >= 15 is 0 Å². The van der Waals surface area contributed by atoms with Crippen LogP contribution in [0.25, 0.3) is 0 Å². The number of aryl methyl sites for hydroxylation is 2. The van der Waals surface area contributed by atoms with Crippen molar-refractivity contribution in [1.29, 1.82) is 0 Å². The second-order valence-electron chi connectivity index (χ2n) is 4.67. The normalized spacial score (nSPS) is 12.4. The zero-order chi connectivity index (χ0) is 14.7. The molecular formula is C15H19ClN2O2. The summed E-state index contributed by atoms with van der Waals surface area (Å²) in [6.45, 7) is 4.38. The highest BCUT2D eigenvalue weighted by Gasteiger charge is 2.19. The van der Waals surface area contributed by atoms with Crippen LogP contribution in [0.15, 0.2) is 24.3 Å². The summed E-state index contributed by atoms with van der Waals surface area (Å²) in [4.78, 5) is 0. The molecule has 20 heavy (non-hydrogen) atoms. The minimum absolute atomic E-state index is 0.419. The van der Waals surface area contributed by atoms with Crippen LogP contribution in [-0.4, -0.2) is 21.5 Å². The molecule has 2 rings (SSSR count). The van der Waals surface area contributed by atoms with Crippen LogP contribution in [-0.2, 0) is 13.5 Å². The SMILES string of the molecule is CCOc1ccccc1C(O)Cc1c(C)nn(C)c1Cl. The first-order valence-corrected chi connectivity index (χ1v) is 7.00. The van der Waals surface area contributed by atoms with Gasteiger partial charge in [0, 0.05) is 24.6 Å². The Morgan fingerprint density at radius 3 is 2.70 bits per heavy atom. The quantitative estimate of drug-likeness (QED) is 0.922. The third kappa shape index (κ3) is 2.97. The number of rotatable bonds is 5. The highest BCUT2D eigenvalue weighted by atomic mass is 35.5. The summed E-state index contributed by atoms with van der Waals surface area (Å²) in [6.07, 6.45) is -0.249. The van der Waals surface area contributed by atoms with Crippen molar-refractivity contribution in [3.63, 3.8) is 0 Å². The number of aromatic nitrogens is 2. The van der Waals surface area contributed by atoms with E-state index in [1.54, 1.807) is 11.7 Å². The van der Waals surface area contributed by atoms with Crippen LogP contribution < -0.4 is 4.74 Å². The molecule has 0 aliphatic heterocycles. The molecule has 108 valence electrons. The van der Waals surface area contributed by atoms with Crippen LogP contribution in [0.3, 0.4) is 0 Å². The van der Waals surface area contributed by atoms with Gasteiger partial charge in [0.1, 0.15) is 10.9 Å². The fourth-order valence-electron chi connectivity index (χ4n) is 2.25. The average molecular weight is 295 g/mol. The highest BCUT2D eigenvalue weighted by molar-refractivity contribution is 6.30. The first kappa shape index (κ1) is 14.9. The van der Waals surface area contributed by atoms with Crippen molar-refractivity contribution in [2.75, 3.05) is 6.61 Å². The minimum atomic E-state index is -0.668. The van der Waals surface area contributed by atoms with Gasteiger partial charge in [0.2, 0.25) is 0 Å². The standard InChI is InChI=1S/C15H19ClN2O2/c1-4-20-14-8-6-5-7-11(14)13(19)9-12-10(2)17-18(3)15(12)16/h5-8,13,19H,4,9H2,1-3H3. The second kappa shape index (κ2) is 6.29. The first-order valence-electron chi connectivity index (χ1n) is 6.62. The van der Waals surface area contributed by atoms with Crippen molar-refractivity contribution in [2.24, 2.45) is 7.05 Å². The summed E-state index contributed by atoms with van der Waals surface area (Å²) in [5.74, 6) is 0.708. The number of halogens is 1. The molecule has 0 aliphatic carbocycles.